The van der Waals surface area contributed by atoms with Gasteiger partial charge in [-0.25, -0.2) is 19.4 Å². The Balaban J connectivity index is 0.00000696. The van der Waals surface area contributed by atoms with E-state index >= 15 is 0 Å². The van der Waals surface area contributed by atoms with Crippen molar-refractivity contribution < 1.29 is 58.4 Å². The smallest absolute Gasteiger partial charge is 0.342 e. The van der Waals surface area contributed by atoms with E-state index < -0.39 is 29.7 Å². The molecule has 1 aliphatic heterocycles. The van der Waals surface area contributed by atoms with Crippen LogP contribution < -0.4 is 20.7 Å². The van der Waals surface area contributed by atoms with Gasteiger partial charge in [0, 0.05) is 30.8 Å². The van der Waals surface area contributed by atoms with Crippen molar-refractivity contribution in [2.45, 2.75) is 71.3 Å². The first kappa shape index (κ1) is 43.4. The minimum Gasteiger partial charge on any atom is -0.545 e. The van der Waals surface area contributed by atoms with Crippen molar-refractivity contribution in [1.29, 1.82) is 0 Å². The number of nitrogens with zero attached hydrogens (tertiary/aromatic N) is 3. The molecule has 2 aliphatic rings. The zero-order valence-corrected chi connectivity index (χ0v) is 35.6. The molecule has 0 radical (unpaired) electrons. The van der Waals surface area contributed by atoms with Crippen LogP contribution in [0, 0.1) is 24.3 Å². The van der Waals surface area contributed by atoms with Crippen LogP contribution in [0.4, 0.5) is 11.5 Å². The van der Waals surface area contributed by atoms with Crippen LogP contribution in [0.1, 0.15) is 86.7 Å². The first-order valence-electron chi connectivity index (χ1n) is 17.8. The third-order valence-electron chi connectivity index (χ3n) is 9.50. The number of ether oxygens (including phenoxy) is 1. The number of amides is 2. The predicted octanol–water partition coefficient (Wildman–Crippen LogP) is 6.25. The molecule has 1 aliphatic carbocycles. The van der Waals surface area contributed by atoms with Gasteiger partial charge in [0.15, 0.2) is 5.69 Å². The summed E-state index contributed by atoms with van der Waals surface area (Å²) >= 11 is 1.19. The first-order chi connectivity index (χ1) is 26.2. The summed E-state index contributed by atoms with van der Waals surface area (Å²) in [6.07, 6.45) is 3.41. The van der Waals surface area contributed by atoms with Gasteiger partial charge in [0.2, 0.25) is 5.91 Å². The van der Waals surface area contributed by atoms with Crippen molar-refractivity contribution in [2.75, 3.05) is 11.1 Å². The second-order valence-corrected chi connectivity index (χ2v) is 15.1. The number of carbonyl (C=O) groups is 5. The molecule has 3 N–H and O–H groups in total. The number of carboxylic acids is 2. The maximum Gasteiger partial charge on any atom is 0.342 e. The Morgan fingerprint density at radius 2 is 1.71 bits per heavy atom. The van der Waals surface area contributed by atoms with Crippen molar-refractivity contribution >= 4 is 64.9 Å². The summed E-state index contributed by atoms with van der Waals surface area (Å²) in [5.41, 5.74) is 1.98. The molecule has 0 spiro atoms. The summed E-state index contributed by atoms with van der Waals surface area (Å²) in [6.45, 7) is 17.2. The van der Waals surface area contributed by atoms with Gasteiger partial charge in [-0.05, 0) is 109 Å². The first-order valence-corrected chi connectivity index (χ1v) is 18.8. The van der Waals surface area contributed by atoms with Crippen molar-refractivity contribution in [1.82, 2.24) is 10.3 Å². The molecule has 0 bridgehead atoms. The van der Waals surface area contributed by atoms with E-state index in [0.29, 0.717) is 51.1 Å². The summed E-state index contributed by atoms with van der Waals surface area (Å²) in [5.74, 6) is -3.08. The molecular formula is C41H41N5O8SZn-2. The van der Waals surface area contributed by atoms with Crippen LogP contribution in [0.2, 0.25) is 0 Å². The Hall–Kier alpha value is -5.32. The van der Waals surface area contributed by atoms with E-state index in [9.17, 15) is 34.2 Å². The van der Waals surface area contributed by atoms with Gasteiger partial charge in [0.1, 0.15) is 23.4 Å². The van der Waals surface area contributed by atoms with E-state index in [1.807, 2.05) is 30.3 Å². The Bertz CT molecular complexity index is 2130. The molecule has 288 valence electrons. The van der Waals surface area contributed by atoms with Gasteiger partial charge in [-0.3, -0.25) is 9.59 Å². The Morgan fingerprint density at radius 1 is 1.05 bits per heavy atom. The second-order valence-electron chi connectivity index (χ2n) is 14.0. The van der Waals surface area contributed by atoms with E-state index in [0.717, 1.165) is 18.9 Å². The number of nitrogens with one attached hydrogen (secondary N) is 2. The molecule has 5 rings (SSSR count). The maximum absolute atomic E-state index is 14.0. The maximum atomic E-state index is 14.0. The van der Waals surface area contributed by atoms with Crippen molar-refractivity contribution in [3.05, 3.63) is 93.6 Å². The zero-order valence-electron chi connectivity index (χ0n) is 31.8. The number of amidine groups is 1. The van der Waals surface area contributed by atoms with E-state index in [1.165, 1.54) is 30.8 Å². The molecular weight excluding hydrogens is 788 g/mol. The van der Waals surface area contributed by atoms with Gasteiger partial charge < -0.3 is 35.4 Å². The number of esters is 1. The molecule has 56 heavy (non-hydrogen) atoms. The third-order valence-corrected chi connectivity index (χ3v) is 10.6. The number of aromatic nitrogens is 1. The molecule has 1 aromatic heterocycles. The van der Waals surface area contributed by atoms with Crippen molar-refractivity contribution in [3.8, 4) is 11.1 Å². The summed E-state index contributed by atoms with van der Waals surface area (Å²) in [7, 11) is 0. The summed E-state index contributed by atoms with van der Waals surface area (Å²) in [6, 6.07) is 12.8. The van der Waals surface area contributed by atoms with E-state index in [1.54, 1.807) is 13.0 Å². The Morgan fingerprint density at radius 3 is 2.32 bits per heavy atom. The van der Waals surface area contributed by atoms with Crippen LogP contribution >= 0.6 is 11.8 Å². The predicted molar refractivity (Wildman–Crippen MR) is 206 cm³/mol. The number of aromatic carboxylic acids is 2. The Labute approximate surface area is 342 Å². The van der Waals surface area contributed by atoms with Gasteiger partial charge in [-0.1, -0.05) is 56.9 Å². The normalized spacial score (nSPS) is 19.7. The number of rotatable bonds is 12. The number of carbonyl (C=O) groups excluding carboxylic acids is 4. The fourth-order valence-corrected chi connectivity index (χ4v) is 8.10. The summed E-state index contributed by atoms with van der Waals surface area (Å²) < 4.78 is 6.16. The SMILES string of the molecule is [C-]#[N+]c1c(NC(C)=O)[n-]c(/C=C2\N=C(NC(=O)CCCSc3cc(C(=O)[O-])cc(C(=O)O)c3)C(C(=O)OC3C(C)CC(C)CC3C)=C2C)c1-c1ccccc1.[Zn]. The number of allylic oxidation sites excluding steroid dienone is 1. The average Bonchev–Trinajstić information content (AvgIpc) is 3.62. The van der Waals surface area contributed by atoms with Crippen LogP contribution in [0.5, 0.6) is 0 Å². The van der Waals surface area contributed by atoms with E-state index in [2.05, 4.69) is 46.2 Å². The molecule has 0 saturated heterocycles. The molecule has 2 aromatic carbocycles. The number of aliphatic imine (C=N–C) groups is 1. The van der Waals surface area contributed by atoms with Gasteiger partial charge in [-0.15, -0.1) is 11.8 Å². The molecule has 15 heteroatoms. The third kappa shape index (κ3) is 10.3. The number of hydrogen-bond donors (Lipinski definition) is 3. The van der Waals surface area contributed by atoms with Crippen LogP contribution in [0.25, 0.3) is 22.0 Å². The standard InChI is InChI=1S/C41H43N5O8S.Zn/c1-21-15-22(2)36(23(3)16-21)54-41(53)33-24(4)30(20-31-34(26-11-8-7-9-12-26)35(42-6)38(45-31)43-25(5)47)44-37(33)46-32(48)13-10-14-55-29-18-27(39(49)50)17-28(19-29)40(51)52;/h7-9,11-12,17-23,36H,10,13-16H2,1-5H3,(H5,43,44,45,46,47,48,49,50,51,52,53);/p-2. The second kappa shape index (κ2) is 19.0. The average molecular weight is 829 g/mol. The molecule has 1 saturated carbocycles. The molecule has 2 amide bonds. The number of carboxylic acid groups (broad SMARTS) is 2. The number of anilines is 1. The molecule has 13 nitrogen and oxygen atoms in total. The number of hydrogen-bond acceptors (Lipinski definition) is 9. The summed E-state index contributed by atoms with van der Waals surface area (Å²) in [5, 5.41) is 26.2. The quantitative estimate of drug-likeness (QED) is 0.0618. The van der Waals surface area contributed by atoms with E-state index in [-0.39, 0.29) is 77.9 Å². The van der Waals surface area contributed by atoms with Crippen LogP contribution in [-0.2, 0) is 38.6 Å². The van der Waals surface area contributed by atoms with Crippen molar-refractivity contribution in [2.24, 2.45) is 22.7 Å². The Kier molecular flexibility index (Phi) is 14.7. The fourth-order valence-electron chi connectivity index (χ4n) is 7.15. The zero-order chi connectivity index (χ0) is 40.0. The minimum atomic E-state index is -1.50. The molecule has 2 unspecified atom stereocenters. The van der Waals surface area contributed by atoms with Gasteiger partial charge in [-0.2, -0.15) is 0 Å². The number of thioether (sulfide) groups is 1. The van der Waals surface area contributed by atoms with Crippen molar-refractivity contribution in [3.63, 3.8) is 0 Å². The molecule has 2 atom stereocenters. The van der Waals surface area contributed by atoms with Crippen LogP contribution in [0.3, 0.4) is 0 Å². The monoisotopic (exact) mass is 827 g/mol. The summed E-state index contributed by atoms with van der Waals surface area (Å²) in [4.78, 5) is 75.6. The topological polar surface area (TPSA) is 193 Å². The fraction of sp³-hybridized carbons (Fsp3) is 0.341. The molecule has 3 aromatic rings. The number of benzene rings is 2. The largest absolute Gasteiger partial charge is 0.545 e. The molecule has 1 fully saturated rings. The van der Waals surface area contributed by atoms with E-state index in [4.69, 9.17) is 11.3 Å². The van der Waals surface area contributed by atoms with Gasteiger partial charge in [0.05, 0.1) is 23.8 Å². The van der Waals surface area contributed by atoms with Gasteiger partial charge >= 0.3 is 11.9 Å². The van der Waals surface area contributed by atoms with Crippen LogP contribution in [0.15, 0.2) is 75.3 Å². The van der Waals surface area contributed by atoms with Gasteiger partial charge in [0.25, 0.3) is 0 Å². The molecule has 2 heterocycles. The van der Waals surface area contributed by atoms with Crippen LogP contribution in [-0.4, -0.2) is 52.5 Å². The minimum absolute atomic E-state index is 0.